The van der Waals surface area contributed by atoms with E-state index in [1.54, 1.807) is 0 Å². The van der Waals surface area contributed by atoms with Crippen molar-refractivity contribution in [3.05, 3.63) is 29.8 Å². The Balaban J connectivity index is 1.76. The van der Waals surface area contributed by atoms with Crippen LogP contribution in [0.15, 0.2) is 24.3 Å². The lowest BCUT2D eigenvalue weighted by atomic mass is 10.1. The maximum Gasteiger partial charge on any atom is 0.119 e. The molecule has 0 spiro atoms. The van der Waals surface area contributed by atoms with Crippen molar-refractivity contribution in [1.29, 1.82) is 0 Å². The van der Waals surface area contributed by atoms with Gasteiger partial charge in [0.15, 0.2) is 0 Å². The van der Waals surface area contributed by atoms with Crippen LogP contribution in [0.1, 0.15) is 31.7 Å². The van der Waals surface area contributed by atoms with E-state index in [-0.39, 0.29) is 12.2 Å². The molecule has 2 rings (SSSR count). The van der Waals surface area contributed by atoms with E-state index in [2.05, 4.69) is 19.1 Å². The number of benzene rings is 1. The summed E-state index contributed by atoms with van der Waals surface area (Å²) in [6.07, 6.45) is 4.84. The van der Waals surface area contributed by atoms with Gasteiger partial charge in [-0.05, 0) is 37.0 Å². The average molecular weight is 249 g/mol. The zero-order chi connectivity index (χ0) is 12.8. The van der Waals surface area contributed by atoms with Crippen LogP contribution in [0.5, 0.6) is 5.75 Å². The molecule has 0 aliphatic carbocycles. The number of aryl methyl sites for hydroxylation is 1. The molecule has 100 valence electrons. The van der Waals surface area contributed by atoms with Gasteiger partial charge < -0.3 is 15.2 Å². The van der Waals surface area contributed by atoms with Crippen LogP contribution in [0, 0.1) is 0 Å². The Hall–Kier alpha value is -1.06. The SMILES string of the molecule is CCCc1ccc(OCC2CCC(CN)O2)cc1. The van der Waals surface area contributed by atoms with Gasteiger partial charge in [-0.1, -0.05) is 25.5 Å². The molecule has 2 atom stereocenters. The Labute approximate surface area is 109 Å². The molecule has 1 saturated heterocycles. The third-order valence-corrected chi connectivity index (χ3v) is 3.36. The molecule has 2 N–H and O–H groups in total. The van der Waals surface area contributed by atoms with Crippen molar-refractivity contribution in [2.75, 3.05) is 13.2 Å². The van der Waals surface area contributed by atoms with Crippen LogP contribution < -0.4 is 10.5 Å². The molecule has 2 unspecified atom stereocenters. The predicted molar refractivity (Wildman–Crippen MR) is 72.9 cm³/mol. The molecule has 3 nitrogen and oxygen atoms in total. The molecule has 18 heavy (non-hydrogen) atoms. The fourth-order valence-electron chi connectivity index (χ4n) is 2.31. The summed E-state index contributed by atoms with van der Waals surface area (Å²) in [7, 11) is 0. The van der Waals surface area contributed by atoms with Crippen LogP contribution in [0.2, 0.25) is 0 Å². The monoisotopic (exact) mass is 249 g/mol. The average Bonchev–Trinajstić information content (AvgIpc) is 2.86. The highest BCUT2D eigenvalue weighted by atomic mass is 16.5. The molecule has 1 aliphatic rings. The van der Waals surface area contributed by atoms with Crippen LogP contribution in [0.25, 0.3) is 0 Å². The van der Waals surface area contributed by atoms with Crippen molar-refractivity contribution in [3.63, 3.8) is 0 Å². The highest BCUT2D eigenvalue weighted by Crippen LogP contribution is 2.20. The Bertz CT molecular complexity index is 350. The summed E-state index contributed by atoms with van der Waals surface area (Å²) >= 11 is 0. The van der Waals surface area contributed by atoms with Gasteiger partial charge >= 0.3 is 0 Å². The topological polar surface area (TPSA) is 44.5 Å². The number of nitrogens with two attached hydrogens (primary N) is 1. The van der Waals surface area contributed by atoms with Gasteiger partial charge in [0.25, 0.3) is 0 Å². The number of hydrogen-bond donors (Lipinski definition) is 1. The third kappa shape index (κ3) is 3.72. The number of ether oxygens (including phenoxy) is 2. The number of hydrogen-bond acceptors (Lipinski definition) is 3. The summed E-state index contributed by atoms with van der Waals surface area (Å²) in [4.78, 5) is 0. The maximum absolute atomic E-state index is 5.75. The summed E-state index contributed by atoms with van der Waals surface area (Å²) in [5, 5.41) is 0. The Morgan fingerprint density at radius 2 is 1.94 bits per heavy atom. The molecule has 1 aliphatic heterocycles. The van der Waals surface area contributed by atoms with Gasteiger partial charge in [-0.25, -0.2) is 0 Å². The fourth-order valence-corrected chi connectivity index (χ4v) is 2.31. The molecular formula is C15H23NO2. The molecule has 0 bridgehead atoms. The summed E-state index contributed by atoms with van der Waals surface area (Å²) < 4.78 is 11.5. The standard InChI is InChI=1S/C15H23NO2/c1-2-3-12-4-6-13(7-5-12)17-11-15-9-8-14(10-16)18-15/h4-7,14-15H,2-3,8-11,16H2,1H3. The minimum atomic E-state index is 0.203. The highest BCUT2D eigenvalue weighted by molar-refractivity contribution is 5.27. The zero-order valence-corrected chi connectivity index (χ0v) is 11.1. The quantitative estimate of drug-likeness (QED) is 0.842. The van der Waals surface area contributed by atoms with Crippen LogP contribution in [-0.4, -0.2) is 25.4 Å². The molecule has 0 saturated carbocycles. The normalized spacial score (nSPS) is 23.2. The molecule has 1 heterocycles. The summed E-state index contributed by atoms with van der Waals surface area (Å²) in [5.74, 6) is 0.926. The summed E-state index contributed by atoms with van der Waals surface area (Å²) in [6.45, 7) is 3.43. The van der Waals surface area contributed by atoms with Crippen LogP contribution in [0.3, 0.4) is 0 Å². The van der Waals surface area contributed by atoms with Gasteiger partial charge in [0.1, 0.15) is 12.4 Å². The van der Waals surface area contributed by atoms with E-state index in [1.807, 2.05) is 12.1 Å². The lowest BCUT2D eigenvalue weighted by Gasteiger charge is -2.13. The Morgan fingerprint density at radius 3 is 2.56 bits per heavy atom. The van der Waals surface area contributed by atoms with Crippen LogP contribution in [0.4, 0.5) is 0 Å². The molecular weight excluding hydrogens is 226 g/mol. The van der Waals surface area contributed by atoms with E-state index in [0.29, 0.717) is 13.2 Å². The van der Waals surface area contributed by atoms with E-state index >= 15 is 0 Å². The van der Waals surface area contributed by atoms with Crippen molar-refractivity contribution >= 4 is 0 Å². The van der Waals surface area contributed by atoms with E-state index in [0.717, 1.165) is 25.0 Å². The van der Waals surface area contributed by atoms with Gasteiger partial charge in [-0.3, -0.25) is 0 Å². The summed E-state index contributed by atoms with van der Waals surface area (Å²) in [6, 6.07) is 8.36. The van der Waals surface area contributed by atoms with E-state index in [1.165, 1.54) is 12.0 Å². The first kappa shape index (κ1) is 13.4. The summed E-state index contributed by atoms with van der Waals surface area (Å²) in [5.41, 5.74) is 6.95. The first-order chi connectivity index (χ1) is 8.81. The molecule has 1 aromatic rings. The second-order valence-electron chi connectivity index (χ2n) is 4.90. The minimum Gasteiger partial charge on any atom is -0.491 e. The molecule has 0 aromatic heterocycles. The van der Waals surface area contributed by atoms with Gasteiger partial charge in [0.2, 0.25) is 0 Å². The maximum atomic E-state index is 5.75. The molecule has 1 fully saturated rings. The van der Waals surface area contributed by atoms with Gasteiger partial charge in [-0.15, -0.1) is 0 Å². The van der Waals surface area contributed by atoms with Crippen molar-refractivity contribution in [2.45, 2.75) is 44.8 Å². The first-order valence-electron chi connectivity index (χ1n) is 6.89. The van der Waals surface area contributed by atoms with E-state index < -0.39 is 0 Å². The fraction of sp³-hybridized carbons (Fsp3) is 0.600. The Kier molecular flexibility index (Phi) is 5.02. The Morgan fingerprint density at radius 1 is 1.22 bits per heavy atom. The molecule has 0 amide bonds. The second-order valence-corrected chi connectivity index (χ2v) is 4.90. The lowest BCUT2D eigenvalue weighted by molar-refractivity contribution is 0.0222. The van der Waals surface area contributed by atoms with Crippen molar-refractivity contribution in [2.24, 2.45) is 5.73 Å². The zero-order valence-electron chi connectivity index (χ0n) is 11.1. The molecule has 3 heteroatoms. The van der Waals surface area contributed by atoms with Crippen LogP contribution in [-0.2, 0) is 11.2 Å². The largest absolute Gasteiger partial charge is 0.491 e. The van der Waals surface area contributed by atoms with Crippen molar-refractivity contribution in [3.8, 4) is 5.75 Å². The van der Waals surface area contributed by atoms with Crippen LogP contribution >= 0.6 is 0 Å². The van der Waals surface area contributed by atoms with Crippen molar-refractivity contribution in [1.82, 2.24) is 0 Å². The minimum absolute atomic E-state index is 0.203. The number of rotatable bonds is 6. The highest BCUT2D eigenvalue weighted by Gasteiger charge is 2.24. The van der Waals surface area contributed by atoms with Gasteiger partial charge in [0.05, 0.1) is 12.2 Å². The predicted octanol–water partition coefficient (Wildman–Crippen LogP) is 2.52. The lowest BCUT2D eigenvalue weighted by Crippen LogP contribution is -2.23. The van der Waals surface area contributed by atoms with Crippen molar-refractivity contribution < 1.29 is 9.47 Å². The van der Waals surface area contributed by atoms with E-state index in [4.69, 9.17) is 15.2 Å². The smallest absolute Gasteiger partial charge is 0.119 e. The molecule has 1 aromatic carbocycles. The third-order valence-electron chi connectivity index (χ3n) is 3.36. The van der Waals surface area contributed by atoms with E-state index in [9.17, 15) is 0 Å². The molecule has 0 radical (unpaired) electrons. The van der Waals surface area contributed by atoms with Gasteiger partial charge in [-0.2, -0.15) is 0 Å². The second kappa shape index (κ2) is 6.76. The van der Waals surface area contributed by atoms with Gasteiger partial charge in [0, 0.05) is 6.54 Å². The first-order valence-corrected chi connectivity index (χ1v) is 6.89.